The largest absolute Gasteiger partial charge is 0.309 e. The first-order valence-corrected chi connectivity index (χ1v) is 7.32. The summed E-state index contributed by atoms with van der Waals surface area (Å²) >= 11 is 5.41. The molecule has 15 heavy (non-hydrogen) atoms. The summed E-state index contributed by atoms with van der Waals surface area (Å²) in [5, 5.41) is 3.68. The zero-order valence-electron chi connectivity index (χ0n) is 9.29. The third kappa shape index (κ3) is 2.83. The van der Waals surface area contributed by atoms with Crippen LogP contribution < -0.4 is 5.32 Å². The molecule has 1 saturated carbocycles. The quantitative estimate of drug-likeness (QED) is 0.856. The van der Waals surface area contributed by atoms with E-state index in [1.807, 2.05) is 11.3 Å². The second-order valence-electron chi connectivity index (χ2n) is 4.45. The van der Waals surface area contributed by atoms with Gasteiger partial charge in [-0.2, -0.15) is 0 Å². The average Bonchev–Trinajstić information content (AvgIpc) is 2.75. The fourth-order valence-electron chi connectivity index (χ4n) is 2.07. The van der Waals surface area contributed by atoms with Crippen LogP contribution in [0, 0.1) is 11.8 Å². The molecular weight excluding hydrogens is 270 g/mol. The molecule has 2 rings (SSSR count). The highest BCUT2D eigenvalue weighted by Crippen LogP contribution is 2.48. The molecule has 1 heterocycles. The van der Waals surface area contributed by atoms with E-state index >= 15 is 0 Å². The Bertz CT molecular complexity index is 323. The highest BCUT2D eigenvalue weighted by Gasteiger charge is 2.40. The van der Waals surface area contributed by atoms with Crippen LogP contribution in [0.15, 0.2) is 15.9 Å². The molecule has 1 aliphatic carbocycles. The van der Waals surface area contributed by atoms with Gasteiger partial charge in [0.2, 0.25) is 0 Å². The van der Waals surface area contributed by atoms with Crippen LogP contribution in [0.25, 0.3) is 0 Å². The molecule has 3 unspecified atom stereocenters. The number of hydrogen-bond donors (Lipinski definition) is 1. The van der Waals surface area contributed by atoms with Gasteiger partial charge in [-0.05, 0) is 59.3 Å². The summed E-state index contributed by atoms with van der Waals surface area (Å²) in [5.41, 5.74) is 0. The Morgan fingerprint density at radius 3 is 2.80 bits per heavy atom. The van der Waals surface area contributed by atoms with Crippen molar-refractivity contribution in [3.8, 4) is 0 Å². The molecule has 1 fully saturated rings. The van der Waals surface area contributed by atoms with Crippen molar-refractivity contribution in [3.63, 3.8) is 0 Å². The lowest BCUT2D eigenvalue weighted by molar-refractivity contribution is 0.469. The molecule has 1 aromatic rings. The molecule has 0 aliphatic heterocycles. The van der Waals surface area contributed by atoms with Crippen molar-refractivity contribution in [1.29, 1.82) is 0 Å². The molecule has 84 valence electrons. The summed E-state index contributed by atoms with van der Waals surface area (Å²) in [6, 6.07) is 5.01. The minimum Gasteiger partial charge on any atom is -0.309 e. The first kappa shape index (κ1) is 11.6. The highest BCUT2D eigenvalue weighted by molar-refractivity contribution is 9.11. The Kier molecular flexibility index (Phi) is 3.86. The average molecular weight is 288 g/mol. The zero-order chi connectivity index (χ0) is 10.8. The Morgan fingerprint density at radius 2 is 2.33 bits per heavy atom. The van der Waals surface area contributed by atoms with Crippen LogP contribution in [0.5, 0.6) is 0 Å². The summed E-state index contributed by atoms with van der Waals surface area (Å²) in [7, 11) is 0. The van der Waals surface area contributed by atoms with Gasteiger partial charge in [0.25, 0.3) is 0 Å². The van der Waals surface area contributed by atoms with E-state index in [4.69, 9.17) is 0 Å². The molecule has 1 nitrogen and oxygen atoms in total. The summed E-state index contributed by atoms with van der Waals surface area (Å²) < 4.78 is 1.24. The number of thiophene rings is 1. The molecular formula is C12H18BrNS. The van der Waals surface area contributed by atoms with Crippen LogP contribution in [0.4, 0.5) is 0 Å². The van der Waals surface area contributed by atoms with E-state index < -0.39 is 0 Å². The molecule has 3 heteroatoms. The Labute approximate surface area is 104 Å². The van der Waals surface area contributed by atoms with E-state index in [-0.39, 0.29) is 0 Å². The van der Waals surface area contributed by atoms with E-state index in [0.717, 1.165) is 18.4 Å². The van der Waals surface area contributed by atoms with Crippen LogP contribution in [-0.4, -0.2) is 6.54 Å². The molecule has 1 aromatic heterocycles. The molecule has 0 spiro atoms. The van der Waals surface area contributed by atoms with Gasteiger partial charge in [-0.15, -0.1) is 11.3 Å². The first-order valence-electron chi connectivity index (χ1n) is 5.71. The third-order valence-corrected chi connectivity index (χ3v) is 4.82. The molecule has 1 aliphatic rings. The van der Waals surface area contributed by atoms with Gasteiger partial charge < -0.3 is 5.32 Å². The predicted octanol–water partition coefficient (Wildman–Crippen LogP) is 4.21. The fourth-order valence-corrected chi connectivity index (χ4v) is 3.65. The van der Waals surface area contributed by atoms with E-state index in [1.54, 1.807) is 0 Å². The van der Waals surface area contributed by atoms with Crippen molar-refractivity contribution in [2.45, 2.75) is 32.7 Å². The topological polar surface area (TPSA) is 12.0 Å². The summed E-state index contributed by atoms with van der Waals surface area (Å²) in [4.78, 5) is 1.49. The van der Waals surface area contributed by atoms with E-state index in [1.165, 1.54) is 21.5 Å². The maximum absolute atomic E-state index is 3.68. The van der Waals surface area contributed by atoms with Crippen molar-refractivity contribution < 1.29 is 0 Å². The monoisotopic (exact) mass is 287 g/mol. The van der Waals surface area contributed by atoms with Gasteiger partial charge in [0.1, 0.15) is 0 Å². The van der Waals surface area contributed by atoms with Crippen molar-refractivity contribution in [2.75, 3.05) is 6.54 Å². The lowest BCUT2D eigenvalue weighted by atomic mass is 10.1. The second-order valence-corrected chi connectivity index (χ2v) is 6.95. The Morgan fingerprint density at radius 1 is 1.60 bits per heavy atom. The van der Waals surface area contributed by atoms with Gasteiger partial charge >= 0.3 is 0 Å². The fraction of sp³-hybridized carbons (Fsp3) is 0.667. The van der Waals surface area contributed by atoms with Gasteiger partial charge in [0, 0.05) is 10.9 Å². The van der Waals surface area contributed by atoms with Crippen LogP contribution in [0.2, 0.25) is 0 Å². The SMILES string of the molecule is CCCNC(c1ccc(Br)s1)C1CC1C. The van der Waals surface area contributed by atoms with Crippen molar-refractivity contribution in [1.82, 2.24) is 5.32 Å². The second kappa shape index (κ2) is 4.98. The van der Waals surface area contributed by atoms with Gasteiger partial charge in [0.15, 0.2) is 0 Å². The van der Waals surface area contributed by atoms with Gasteiger partial charge in [0.05, 0.1) is 3.79 Å². The van der Waals surface area contributed by atoms with Crippen molar-refractivity contribution in [2.24, 2.45) is 11.8 Å². The highest BCUT2D eigenvalue weighted by atomic mass is 79.9. The summed E-state index contributed by atoms with van der Waals surface area (Å²) in [6.45, 7) is 5.71. The van der Waals surface area contributed by atoms with Crippen LogP contribution in [-0.2, 0) is 0 Å². The standard InChI is InChI=1S/C12H18BrNS/c1-3-6-14-12(9-7-8(9)2)10-4-5-11(13)15-10/h4-5,8-9,12,14H,3,6-7H2,1-2H3. The van der Waals surface area contributed by atoms with Gasteiger partial charge in [-0.1, -0.05) is 13.8 Å². The molecule has 0 bridgehead atoms. The maximum atomic E-state index is 3.68. The van der Waals surface area contributed by atoms with E-state index in [0.29, 0.717) is 6.04 Å². The molecule has 0 amide bonds. The Hall–Kier alpha value is 0.140. The number of hydrogen-bond acceptors (Lipinski definition) is 2. The van der Waals surface area contributed by atoms with Crippen molar-refractivity contribution >= 4 is 27.3 Å². The third-order valence-electron chi connectivity index (χ3n) is 3.11. The van der Waals surface area contributed by atoms with Crippen LogP contribution >= 0.6 is 27.3 Å². The molecule has 0 aromatic carbocycles. The van der Waals surface area contributed by atoms with E-state index in [2.05, 4.69) is 47.2 Å². The van der Waals surface area contributed by atoms with Gasteiger partial charge in [-0.3, -0.25) is 0 Å². The van der Waals surface area contributed by atoms with E-state index in [9.17, 15) is 0 Å². The first-order chi connectivity index (χ1) is 7.22. The van der Waals surface area contributed by atoms with Gasteiger partial charge in [-0.25, -0.2) is 0 Å². The lowest BCUT2D eigenvalue weighted by Crippen LogP contribution is -2.23. The number of rotatable bonds is 5. The zero-order valence-corrected chi connectivity index (χ0v) is 11.7. The molecule has 0 radical (unpaired) electrons. The number of nitrogens with one attached hydrogen (secondary N) is 1. The molecule has 3 atom stereocenters. The lowest BCUT2D eigenvalue weighted by Gasteiger charge is -2.16. The minimum atomic E-state index is 0.594. The van der Waals surface area contributed by atoms with Crippen LogP contribution in [0.3, 0.4) is 0 Å². The summed E-state index contributed by atoms with van der Waals surface area (Å²) in [5.74, 6) is 1.77. The Balaban J connectivity index is 2.04. The molecule has 0 saturated heterocycles. The predicted molar refractivity (Wildman–Crippen MR) is 70.3 cm³/mol. The molecule has 1 N–H and O–H groups in total. The normalized spacial score (nSPS) is 26.6. The van der Waals surface area contributed by atoms with Crippen molar-refractivity contribution in [3.05, 3.63) is 20.8 Å². The summed E-state index contributed by atoms with van der Waals surface area (Å²) in [6.07, 6.45) is 2.60. The smallest absolute Gasteiger partial charge is 0.0701 e. The van der Waals surface area contributed by atoms with Crippen LogP contribution in [0.1, 0.15) is 37.6 Å². The number of halogens is 1. The maximum Gasteiger partial charge on any atom is 0.0701 e. The minimum absolute atomic E-state index is 0.594.